The van der Waals surface area contributed by atoms with Gasteiger partial charge in [0.2, 0.25) is 0 Å². The Balaban J connectivity index is 2.13. The van der Waals surface area contributed by atoms with Gasteiger partial charge in [-0.3, -0.25) is 4.68 Å². The van der Waals surface area contributed by atoms with Crippen molar-refractivity contribution in [3.8, 4) is 0 Å². The minimum atomic E-state index is -0.274. The van der Waals surface area contributed by atoms with Crippen LogP contribution >= 0.6 is 0 Å². The van der Waals surface area contributed by atoms with Gasteiger partial charge in [-0.05, 0) is 13.0 Å². The van der Waals surface area contributed by atoms with Crippen LogP contribution in [0.4, 0.5) is 0 Å². The fourth-order valence-electron chi connectivity index (χ4n) is 1.12. The summed E-state index contributed by atoms with van der Waals surface area (Å²) < 4.78 is 1.80. The van der Waals surface area contributed by atoms with E-state index in [1.165, 1.54) is 0 Å². The van der Waals surface area contributed by atoms with E-state index in [9.17, 15) is 0 Å². The molecule has 74 valence electrons. The Bertz CT molecular complexity index is 245. The molecular formula is C9H17N3O. The Kier molecular flexibility index (Phi) is 3.92. The zero-order chi connectivity index (χ0) is 9.68. The summed E-state index contributed by atoms with van der Waals surface area (Å²) in [7, 11) is 1.91. The zero-order valence-electron chi connectivity index (χ0n) is 8.20. The van der Waals surface area contributed by atoms with Crippen LogP contribution in [-0.4, -0.2) is 34.1 Å². The number of nitrogens with zero attached hydrogens (tertiary/aromatic N) is 2. The van der Waals surface area contributed by atoms with E-state index in [0.717, 1.165) is 18.7 Å². The molecule has 13 heavy (non-hydrogen) atoms. The third kappa shape index (κ3) is 4.05. The number of hydrogen-bond acceptors (Lipinski definition) is 3. The van der Waals surface area contributed by atoms with Gasteiger partial charge in [0.05, 0.1) is 11.8 Å². The van der Waals surface area contributed by atoms with Crippen molar-refractivity contribution in [1.29, 1.82) is 0 Å². The Morgan fingerprint density at radius 1 is 1.69 bits per heavy atom. The Morgan fingerprint density at radius 2 is 2.46 bits per heavy atom. The highest BCUT2D eigenvalue weighted by atomic mass is 16.3. The van der Waals surface area contributed by atoms with E-state index < -0.39 is 0 Å². The molecule has 0 aliphatic heterocycles. The maximum absolute atomic E-state index is 8.97. The van der Waals surface area contributed by atoms with Gasteiger partial charge in [0.1, 0.15) is 0 Å². The average Bonchev–Trinajstić information content (AvgIpc) is 2.45. The minimum Gasteiger partial charge on any atom is -0.392 e. The summed E-state index contributed by atoms with van der Waals surface area (Å²) >= 11 is 0. The first-order valence-corrected chi connectivity index (χ1v) is 4.56. The van der Waals surface area contributed by atoms with E-state index in [-0.39, 0.29) is 6.10 Å². The molecule has 0 aliphatic rings. The topological polar surface area (TPSA) is 50.1 Å². The first-order valence-electron chi connectivity index (χ1n) is 4.56. The lowest BCUT2D eigenvalue weighted by Gasteiger charge is -2.04. The number of aliphatic hydroxyl groups is 1. The van der Waals surface area contributed by atoms with Crippen molar-refractivity contribution in [3.05, 3.63) is 18.0 Å². The molecule has 0 spiro atoms. The summed E-state index contributed by atoms with van der Waals surface area (Å²) in [6.45, 7) is 3.28. The van der Waals surface area contributed by atoms with E-state index in [1.54, 1.807) is 11.6 Å². The largest absolute Gasteiger partial charge is 0.392 e. The fourth-order valence-corrected chi connectivity index (χ4v) is 1.12. The highest BCUT2D eigenvalue weighted by Gasteiger charge is 1.97. The molecule has 1 heterocycles. The van der Waals surface area contributed by atoms with Crippen LogP contribution in [-0.2, 0) is 13.5 Å². The van der Waals surface area contributed by atoms with Crippen LogP contribution in [0.3, 0.4) is 0 Å². The molecule has 1 aromatic heterocycles. The van der Waals surface area contributed by atoms with Crippen LogP contribution in [0.2, 0.25) is 0 Å². The minimum absolute atomic E-state index is 0.274. The molecule has 0 radical (unpaired) electrons. The zero-order valence-corrected chi connectivity index (χ0v) is 8.20. The summed E-state index contributed by atoms with van der Waals surface area (Å²) in [4.78, 5) is 0. The van der Waals surface area contributed by atoms with Gasteiger partial charge in [-0.25, -0.2) is 0 Å². The third-order valence-electron chi connectivity index (χ3n) is 1.77. The second-order valence-corrected chi connectivity index (χ2v) is 3.28. The lowest BCUT2D eigenvalue weighted by molar-refractivity contribution is 0.191. The average molecular weight is 183 g/mol. The summed E-state index contributed by atoms with van der Waals surface area (Å²) in [6, 6.07) is 2.00. The molecule has 4 heteroatoms. The molecule has 4 nitrogen and oxygen atoms in total. The molecule has 0 amide bonds. The molecule has 1 atom stereocenters. The lowest BCUT2D eigenvalue weighted by Crippen LogP contribution is -2.26. The van der Waals surface area contributed by atoms with Gasteiger partial charge in [0, 0.05) is 32.8 Å². The molecule has 0 bridgehead atoms. The fraction of sp³-hybridized carbons (Fsp3) is 0.667. The summed E-state index contributed by atoms with van der Waals surface area (Å²) in [5.41, 5.74) is 1.08. The smallest absolute Gasteiger partial charge is 0.0637 e. The molecule has 0 aliphatic carbocycles. The maximum Gasteiger partial charge on any atom is 0.0637 e. The first-order chi connectivity index (χ1) is 6.18. The predicted molar refractivity (Wildman–Crippen MR) is 51.5 cm³/mol. The van der Waals surface area contributed by atoms with Gasteiger partial charge in [-0.15, -0.1) is 0 Å². The predicted octanol–water partition coefficient (Wildman–Crippen LogP) is -0.0670. The number of hydrogen-bond donors (Lipinski definition) is 2. The molecular weight excluding hydrogens is 166 g/mol. The molecule has 0 fully saturated rings. The van der Waals surface area contributed by atoms with Gasteiger partial charge in [-0.1, -0.05) is 0 Å². The Hall–Kier alpha value is -0.870. The van der Waals surface area contributed by atoms with Gasteiger partial charge in [0.25, 0.3) is 0 Å². The standard InChI is InChI=1S/C9H17N3O/c1-8(13)7-10-5-3-9-4-6-12(2)11-9/h4,6,8,10,13H,3,5,7H2,1-2H3. The molecule has 1 unspecified atom stereocenters. The Labute approximate surface area is 78.6 Å². The van der Waals surface area contributed by atoms with Crippen LogP contribution in [0, 0.1) is 0 Å². The Morgan fingerprint density at radius 3 is 3.00 bits per heavy atom. The van der Waals surface area contributed by atoms with E-state index in [4.69, 9.17) is 5.11 Å². The third-order valence-corrected chi connectivity index (χ3v) is 1.77. The maximum atomic E-state index is 8.97. The molecule has 1 rings (SSSR count). The number of aryl methyl sites for hydroxylation is 1. The van der Waals surface area contributed by atoms with Crippen LogP contribution in [0.15, 0.2) is 12.3 Å². The van der Waals surface area contributed by atoms with Crippen molar-refractivity contribution in [2.75, 3.05) is 13.1 Å². The summed E-state index contributed by atoms with van der Waals surface area (Å²) in [5, 5.41) is 16.4. The lowest BCUT2D eigenvalue weighted by atomic mass is 10.3. The molecule has 0 saturated carbocycles. The molecule has 0 saturated heterocycles. The van der Waals surface area contributed by atoms with E-state index in [1.807, 2.05) is 19.3 Å². The van der Waals surface area contributed by atoms with Crippen molar-refractivity contribution in [2.24, 2.45) is 7.05 Å². The highest BCUT2D eigenvalue weighted by Crippen LogP contribution is 1.93. The highest BCUT2D eigenvalue weighted by molar-refractivity contribution is 4.98. The van der Waals surface area contributed by atoms with Crippen LogP contribution in [0.1, 0.15) is 12.6 Å². The second-order valence-electron chi connectivity index (χ2n) is 3.28. The molecule has 2 N–H and O–H groups in total. The van der Waals surface area contributed by atoms with E-state index >= 15 is 0 Å². The normalized spacial score (nSPS) is 13.2. The quantitative estimate of drug-likeness (QED) is 0.628. The molecule has 1 aromatic rings. The number of aromatic nitrogens is 2. The van der Waals surface area contributed by atoms with Crippen LogP contribution in [0.5, 0.6) is 0 Å². The van der Waals surface area contributed by atoms with Gasteiger partial charge >= 0.3 is 0 Å². The van der Waals surface area contributed by atoms with E-state index in [0.29, 0.717) is 6.54 Å². The number of rotatable bonds is 5. The van der Waals surface area contributed by atoms with Gasteiger partial charge < -0.3 is 10.4 Å². The first kappa shape index (κ1) is 10.2. The van der Waals surface area contributed by atoms with E-state index in [2.05, 4.69) is 10.4 Å². The summed E-state index contributed by atoms with van der Waals surface area (Å²) in [6.07, 6.45) is 2.57. The van der Waals surface area contributed by atoms with Crippen LogP contribution < -0.4 is 5.32 Å². The van der Waals surface area contributed by atoms with Crippen molar-refractivity contribution < 1.29 is 5.11 Å². The monoisotopic (exact) mass is 183 g/mol. The van der Waals surface area contributed by atoms with Gasteiger partial charge in [-0.2, -0.15) is 5.10 Å². The molecule has 0 aromatic carbocycles. The van der Waals surface area contributed by atoms with Crippen molar-refractivity contribution in [1.82, 2.24) is 15.1 Å². The summed E-state index contributed by atoms with van der Waals surface area (Å²) in [5.74, 6) is 0. The van der Waals surface area contributed by atoms with Gasteiger partial charge in [0.15, 0.2) is 0 Å². The number of nitrogens with one attached hydrogen (secondary N) is 1. The second kappa shape index (κ2) is 4.99. The van der Waals surface area contributed by atoms with Crippen molar-refractivity contribution in [2.45, 2.75) is 19.4 Å². The van der Waals surface area contributed by atoms with Crippen molar-refractivity contribution in [3.63, 3.8) is 0 Å². The van der Waals surface area contributed by atoms with Crippen molar-refractivity contribution >= 4 is 0 Å². The number of aliphatic hydroxyl groups excluding tert-OH is 1. The van der Waals surface area contributed by atoms with Crippen LogP contribution in [0.25, 0.3) is 0 Å². The SMILES string of the molecule is CC(O)CNCCc1ccn(C)n1.